The van der Waals surface area contributed by atoms with Crippen molar-refractivity contribution >= 4 is 27.5 Å². The van der Waals surface area contributed by atoms with Crippen LogP contribution in [-0.4, -0.2) is 22.6 Å². The Morgan fingerprint density at radius 1 is 1.43 bits per heavy atom. The average molecular weight is 352 g/mol. The number of aromatic nitrogens is 2. The summed E-state index contributed by atoms with van der Waals surface area (Å²) in [5.74, 6) is -0.334. The molecule has 1 amide bonds. The lowest BCUT2D eigenvalue weighted by Crippen LogP contribution is -2.29. The van der Waals surface area contributed by atoms with Gasteiger partial charge in [0.15, 0.2) is 0 Å². The van der Waals surface area contributed by atoms with E-state index in [4.69, 9.17) is 4.74 Å². The largest absolute Gasteiger partial charge is 0.468 e. The fraction of sp³-hybridized carbons (Fsp3) is 0.214. The van der Waals surface area contributed by atoms with Crippen molar-refractivity contribution in [2.75, 3.05) is 12.4 Å². The van der Waals surface area contributed by atoms with Crippen LogP contribution in [0.2, 0.25) is 0 Å². The number of nitrogens with one attached hydrogen (secondary N) is 1. The first kappa shape index (κ1) is 15.2. The van der Waals surface area contributed by atoms with Crippen LogP contribution in [0.1, 0.15) is 5.69 Å². The Balaban J connectivity index is 2.18. The average Bonchev–Trinajstić information content (AvgIpc) is 2.41. The van der Waals surface area contributed by atoms with E-state index in [0.717, 1.165) is 4.47 Å². The fourth-order valence-electron chi connectivity index (χ4n) is 1.81. The zero-order valence-electron chi connectivity index (χ0n) is 11.6. The quantitative estimate of drug-likeness (QED) is 0.913. The number of rotatable bonds is 4. The lowest BCUT2D eigenvalue weighted by molar-refractivity contribution is -0.116. The van der Waals surface area contributed by atoms with Crippen LogP contribution in [-0.2, 0) is 11.3 Å². The molecule has 0 saturated heterocycles. The Hall–Kier alpha value is -2.15. The van der Waals surface area contributed by atoms with Crippen LogP contribution in [0, 0.1) is 6.92 Å². The summed E-state index contributed by atoms with van der Waals surface area (Å²) in [6.45, 7) is 1.53. The highest BCUT2D eigenvalue weighted by Gasteiger charge is 2.12. The minimum atomic E-state index is -0.334. The second-order valence-electron chi connectivity index (χ2n) is 4.37. The van der Waals surface area contributed by atoms with Crippen molar-refractivity contribution in [2.45, 2.75) is 13.5 Å². The van der Waals surface area contributed by atoms with Crippen molar-refractivity contribution in [2.24, 2.45) is 0 Å². The second kappa shape index (κ2) is 6.53. The number of aryl methyl sites for hydroxylation is 1. The minimum absolute atomic E-state index is 0.115. The monoisotopic (exact) mass is 351 g/mol. The van der Waals surface area contributed by atoms with E-state index in [1.54, 1.807) is 25.1 Å². The number of methoxy groups -OCH3 is 1. The van der Waals surface area contributed by atoms with Crippen LogP contribution in [0.4, 0.5) is 5.69 Å². The van der Waals surface area contributed by atoms with Crippen LogP contribution >= 0.6 is 15.9 Å². The van der Waals surface area contributed by atoms with E-state index >= 15 is 0 Å². The Kier molecular flexibility index (Phi) is 4.74. The van der Waals surface area contributed by atoms with Gasteiger partial charge in [0, 0.05) is 21.9 Å². The van der Waals surface area contributed by atoms with Crippen LogP contribution in [0.5, 0.6) is 6.01 Å². The third-order valence-corrected chi connectivity index (χ3v) is 3.19. The van der Waals surface area contributed by atoms with Crippen molar-refractivity contribution in [1.82, 2.24) is 9.55 Å². The highest BCUT2D eigenvalue weighted by molar-refractivity contribution is 9.10. The number of ether oxygens (including phenoxy) is 1. The van der Waals surface area contributed by atoms with Crippen LogP contribution in [0.15, 0.2) is 39.6 Å². The molecule has 0 fully saturated rings. The zero-order chi connectivity index (χ0) is 15.4. The molecule has 0 unspecified atom stereocenters. The molecule has 0 bridgehead atoms. The van der Waals surface area contributed by atoms with E-state index in [0.29, 0.717) is 11.4 Å². The molecule has 0 spiro atoms. The molecule has 0 aliphatic heterocycles. The smallest absolute Gasteiger partial charge is 0.299 e. The van der Waals surface area contributed by atoms with Crippen molar-refractivity contribution < 1.29 is 9.53 Å². The van der Waals surface area contributed by atoms with E-state index in [1.165, 1.54) is 17.7 Å². The number of halogens is 1. The van der Waals surface area contributed by atoms with E-state index in [-0.39, 0.29) is 24.0 Å². The van der Waals surface area contributed by atoms with Gasteiger partial charge in [-0.05, 0) is 25.1 Å². The Labute approximate surface area is 129 Å². The molecule has 1 aromatic carbocycles. The Bertz CT molecular complexity index is 728. The fourth-order valence-corrected chi connectivity index (χ4v) is 2.21. The predicted octanol–water partition coefficient (Wildman–Crippen LogP) is 1.96. The molecular formula is C14H14BrN3O3. The summed E-state index contributed by atoms with van der Waals surface area (Å²) < 4.78 is 7.08. The first-order valence-electron chi connectivity index (χ1n) is 6.17. The van der Waals surface area contributed by atoms with Gasteiger partial charge in [-0.15, -0.1) is 0 Å². The molecule has 1 N–H and O–H groups in total. The normalized spacial score (nSPS) is 10.2. The van der Waals surface area contributed by atoms with Gasteiger partial charge in [-0.25, -0.2) is 4.98 Å². The third-order valence-electron chi connectivity index (χ3n) is 2.69. The summed E-state index contributed by atoms with van der Waals surface area (Å²) in [7, 11) is 1.41. The first-order valence-corrected chi connectivity index (χ1v) is 6.97. The van der Waals surface area contributed by atoms with Gasteiger partial charge >= 0.3 is 0 Å². The number of hydrogen-bond acceptors (Lipinski definition) is 4. The zero-order valence-corrected chi connectivity index (χ0v) is 13.2. The molecule has 6 nitrogen and oxygen atoms in total. The molecule has 0 aliphatic carbocycles. The molecule has 2 aromatic rings. The van der Waals surface area contributed by atoms with E-state index in [2.05, 4.69) is 26.2 Å². The molecule has 0 atom stereocenters. The van der Waals surface area contributed by atoms with Gasteiger partial charge in [0.1, 0.15) is 6.54 Å². The van der Waals surface area contributed by atoms with E-state index < -0.39 is 0 Å². The molecule has 0 aliphatic rings. The number of nitrogens with zero attached hydrogens (tertiary/aromatic N) is 2. The molecule has 110 valence electrons. The second-order valence-corrected chi connectivity index (χ2v) is 5.28. The molecule has 1 heterocycles. The summed E-state index contributed by atoms with van der Waals surface area (Å²) in [6, 6.07) is 8.66. The summed E-state index contributed by atoms with van der Waals surface area (Å²) in [5.41, 5.74) is 0.853. The molecule has 1 aromatic heterocycles. The predicted molar refractivity (Wildman–Crippen MR) is 82.6 cm³/mol. The number of anilines is 1. The van der Waals surface area contributed by atoms with Gasteiger partial charge in [0.2, 0.25) is 5.91 Å². The van der Waals surface area contributed by atoms with E-state index in [1.807, 2.05) is 6.07 Å². The van der Waals surface area contributed by atoms with Crippen molar-refractivity contribution in [3.8, 4) is 6.01 Å². The summed E-state index contributed by atoms with van der Waals surface area (Å²) >= 11 is 3.32. The van der Waals surface area contributed by atoms with Crippen LogP contribution in [0.25, 0.3) is 0 Å². The Morgan fingerprint density at radius 3 is 2.86 bits per heavy atom. The summed E-state index contributed by atoms with van der Waals surface area (Å²) in [6.07, 6.45) is 0. The summed E-state index contributed by atoms with van der Waals surface area (Å²) in [5, 5.41) is 2.71. The van der Waals surface area contributed by atoms with Gasteiger partial charge in [0.05, 0.1) is 7.11 Å². The van der Waals surface area contributed by atoms with Crippen molar-refractivity contribution in [3.63, 3.8) is 0 Å². The van der Waals surface area contributed by atoms with Gasteiger partial charge in [-0.1, -0.05) is 22.0 Å². The Morgan fingerprint density at radius 2 is 2.19 bits per heavy atom. The van der Waals surface area contributed by atoms with Gasteiger partial charge in [0.25, 0.3) is 11.6 Å². The SMILES string of the molecule is COc1nc(C)cc(=O)n1CC(=O)Nc1cccc(Br)c1. The van der Waals surface area contributed by atoms with Crippen molar-refractivity contribution in [3.05, 3.63) is 50.9 Å². The molecule has 0 radical (unpaired) electrons. The van der Waals surface area contributed by atoms with Crippen LogP contribution in [0.3, 0.4) is 0 Å². The number of carbonyl (C=O) groups is 1. The van der Waals surface area contributed by atoms with Crippen LogP contribution < -0.4 is 15.6 Å². The maximum absolute atomic E-state index is 12.0. The molecule has 7 heteroatoms. The maximum Gasteiger partial charge on any atom is 0.299 e. The lowest BCUT2D eigenvalue weighted by Gasteiger charge is -2.11. The standard InChI is InChI=1S/C14H14BrN3O3/c1-9-6-13(20)18(14(16-9)21-2)8-12(19)17-11-5-3-4-10(15)7-11/h3-7H,8H2,1-2H3,(H,17,19). The molecule has 2 rings (SSSR count). The topological polar surface area (TPSA) is 73.2 Å². The van der Waals surface area contributed by atoms with Gasteiger partial charge < -0.3 is 10.1 Å². The van der Waals surface area contributed by atoms with E-state index in [9.17, 15) is 9.59 Å². The molecular weight excluding hydrogens is 338 g/mol. The highest BCUT2D eigenvalue weighted by atomic mass is 79.9. The molecule has 21 heavy (non-hydrogen) atoms. The number of amides is 1. The minimum Gasteiger partial charge on any atom is -0.468 e. The van der Waals surface area contributed by atoms with Gasteiger partial charge in [-0.2, -0.15) is 0 Å². The number of carbonyl (C=O) groups excluding carboxylic acids is 1. The highest BCUT2D eigenvalue weighted by Crippen LogP contribution is 2.15. The maximum atomic E-state index is 12.0. The summed E-state index contributed by atoms with van der Waals surface area (Å²) in [4.78, 5) is 28.0. The number of hydrogen-bond donors (Lipinski definition) is 1. The van der Waals surface area contributed by atoms with Crippen molar-refractivity contribution in [1.29, 1.82) is 0 Å². The molecule has 0 saturated carbocycles. The lowest BCUT2D eigenvalue weighted by atomic mass is 10.3. The third kappa shape index (κ3) is 3.91. The van der Waals surface area contributed by atoms with Gasteiger partial charge in [-0.3, -0.25) is 14.2 Å². The number of benzene rings is 1. The first-order chi connectivity index (χ1) is 9.99.